The molecule has 0 aromatic heterocycles. The summed E-state index contributed by atoms with van der Waals surface area (Å²) in [6.45, 7) is 2.78. The molecule has 4 aromatic rings. The molecule has 2 aliphatic rings. The lowest BCUT2D eigenvalue weighted by atomic mass is 9.98. The topological polar surface area (TPSA) is 100 Å². The van der Waals surface area contributed by atoms with E-state index in [1.165, 1.54) is 21.6 Å². The Morgan fingerprint density at radius 3 is 2.35 bits per heavy atom. The fourth-order valence-electron chi connectivity index (χ4n) is 6.26. The third-order valence-corrected chi connectivity index (χ3v) is 8.99. The number of nitrogens with zero attached hydrogens (tertiary/aromatic N) is 2. The van der Waals surface area contributed by atoms with Gasteiger partial charge in [0.05, 0.1) is 14.2 Å². The molecule has 1 atom stereocenters. The number of carbonyl (C=O) groups excluding carboxylic acids is 3. The molecule has 0 aliphatic carbocycles. The number of rotatable bonds is 10. The molecule has 1 fully saturated rings. The van der Waals surface area contributed by atoms with Crippen LogP contribution in [-0.2, 0) is 35.4 Å². The largest absolute Gasteiger partial charge is 0.493 e. The molecule has 6 rings (SSSR count). The maximum absolute atomic E-state index is 13.2. The number of methoxy groups -OCH3 is 2. The Labute approximate surface area is 281 Å². The van der Waals surface area contributed by atoms with Crippen LogP contribution in [0.3, 0.4) is 0 Å². The highest BCUT2D eigenvalue weighted by Crippen LogP contribution is 2.33. The number of fused-ring (bicyclic) bond motifs is 1. The highest BCUT2D eigenvalue weighted by atomic mass is 16.5. The summed E-state index contributed by atoms with van der Waals surface area (Å²) in [6.07, 6.45) is 3.84. The zero-order valence-electron chi connectivity index (χ0n) is 27.5. The average Bonchev–Trinajstić information content (AvgIpc) is 3.11. The van der Waals surface area contributed by atoms with E-state index in [0.717, 1.165) is 55.1 Å². The molecule has 2 heterocycles. The molecule has 48 heavy (non-hydrogen) atoms. The summed E-state index contributed by atoms with van der Waals surface area (Å²) in [5, 5.41) is 5.82. The van der Waals surface area contributed by atoms with E-state index < -0.39 is 6.04 Å². The first-order valence-electron chi connectivity index (χ1n) is 16.1. The molecule has 2 aliphatic heterocycles. The fraction of sp³-hybridized carbons (Fsp3) is 0.256. The first-order valence-corrected chi connectivity index (χ1v) is 16.1. The van der Waals surface area contributed by atoms with Crippen LogP contribution in [0.5, 0.6) is 11.5 Å². The lowest BCUT2D eigenvalue weighted by molar-refractivity contribution is -0.138. The van der Waals surface area contributed by atoms with Crippen LogP contribution in [0.25, 0.3) is 6.08 Å². The van der Waals surface area contributed by atoms with Crippen LogP contribution in [0.1, 0.15) is 38.2 Å². The molecule has 0 radical (unpaired) electrons. The normalized spacial score (nSPS) is 17.1. The van der Waals surface area contributed by atoms with Crippen molar-refractivity contribution >= 4 is 29.5 Å². The number of anilines is 1. The van der Waals surface area contributed by atoms with Gasteiger partial charge in [0.15, 0.2) is 11.5 Å². The van der Waals surface area contributed by atoms with E-state index in [2.05, 4.69) is 27.7 Å². The minimum Gasteiger partial charge on any atom is -0.493 e. The van der Waals surface area contributed by atoms with Crippen molar-refractivity contribution in [3.05, 3.63) is 130 Å². The van der Waals surface area contributed by atoms with Gasteiger partial charge in [0.25, 0.3) is 11.8 Å². The van der Waals surface area contributed by atoms with E-state index in [9.17, 15) is 14.4 Å². The number of carbonyl (C=O) groups is 3. The smallest absolute Gasteiger partial charge is 0.268 e. The van der Waals surface area contributed by atoms with Gasteiger partial charge in [0.1, 0.15) is 11.7 Å². The first-order chi connectivity index (χ1) is 23.3. The van der Waals surface area contributed by atoms with Crippen LogP contribution >= 0.6 is 0 Å². The van der Waals surface area contributed by atoms with E-state index in [-0.39, 0.29) is 24.1 Å². The molecule has 1 saturated heterocycles. The molecule has 4 aromatic carbocycles. The predicted octanol–water partition coefficient (Wildman–Crippen LogP) is 5.10. The number of piperazine rings is 1. The van der Waals surface area contributed by atoms with Crippen molar-refractivity contribution < 1.29 is 23.9 Å². The van der Waals surface area contributed by atoms with Gasteiger partial charge in [-0.3, -0.25) is 19.3 Å². The summed E-state index contributed by atoms with van der Waals surface area (Å²) < 4.78 is 11.0. The Bertz CT molecular complexity index is 1840. The van der Waals surface area contributed by atoms with Gasteiger partial charge < -0.3 is 25.0 Å². The highest BCUT2D eigenvalue weighted by molar-refractivity contribution is 6.07. The van der Waals surface area contributed by atoms with Gasteiger partial charge in [0.2, 0.25) is 5.91 Å². The summed E-state index contributed by atoms with van der Waals surface area (Å²) in [6, 6.07) is 27.9. The van der Waals surface area contributed by atoms with E-state index in [4.69, 9.17) is 9.47 Å². The summed E-state index contributed by atoms with van der Waals surface area (Å²) in [4.78, 5) is 43.1. The number of nitrogens with one attached hydrogen (secondary N) is 2. The van der Waals surface area contributed by atoms with Gasteiger partial charge in [-0.15, -0.1) is 0 Å². The molecular weight excluding hydrogens is 604 g/mol. The van der Waals surface area contributed by atoms with Gasteiger partial charge in [0, 0.05) is 44.4 Å². The second kappa shape index (κ2) is 14.6. The van der Waals surface area contributed by atoms with Crippen LogP contribution in [0.4, 0.5) is 5.69 Å². The Morgan fingerprint density at radius 1 is 0.896 bits per heavy atom. The van der Waals surface area contributed by atoms with Crippen molar-refractivity contribution in [2.24, 2.45) is 0 Å². The van der Waals surface area contributed by atoms with E-state index >= 15 is 0 Å². The van der Waals surface area contributed by atoms with Crippen LogP contribution < -0.4 is 20.1 Å². The van der Waals surface area contributed by atoms with Crippen molar-refractivity contribution in [3.63, 3.8) is 0 Å². The van der Waals surface area contributed by atoms with Gasteiger partial charge in [-0.2, -0.15) is 0 Å². The molecule has 1 unspecified atom stereocenters. The lowest BCUT2D eigenvalue weighted by Crippen LogP contribution is -2.56. The average molecular weight is 645 g/mol. The summed E-state index contributed by atoms with van der Waals surface area (Å²) in [7, 11) is 4.94. The fourth-order valence-corrected chi connectivity index (χ4v) is 6.26. The van der Waals surface area contributed by atoms with Crippen LogP contribution in [0.15, 0.2) is 96.7 Å². The Morgan fingerprint density at radius 2 is 1.62 bits per heavy atom. The van der Waals surface area contributed by atoms with E-state index in [1.54, 1.807) is 45.5 Å². The van der Waals surface area contributed by atoms with Crippen molar-refractivity contribution in [2.45, 2.75) is 31.8 Å². The van der Waals surface area contributed by atoms with Crippen molar-refractivity contribution in [1.82, 2.24) is 15.1 Å². The molecule has 0 saturated carbocycles. The summed E-state index contributed by atoms with van der Waals surface area (Å²) in [5.74, 6) is 0.764. The second-order valence-corrected chi connectivity index (χ2v) is 12.2. The molecule has 9 heteroatoms. The molecular formula is C39H40N4O5. The molecule has 0 bridgehead atoms. The Balaban J connectivity index is 1.02. The number of likely N-dealkylation sites (N-methyl/N-ethyl adjacent to an activating group) is 1. The Hall–Kier alpha value is -5.41. The van der Waals surface area contributed by atoms with Crippen LogP contribution in [-0.4, -0.2) is 67.9 Å². The van der Waals surface area contributed by atoms with E-state index in [1.807, 2.05) is 60.7 Å². The number of ether oxygens (including phenoxy) is 2. The van der Waals surface area contributed by atoms with Crippen molar-refractivity contribution in [2.75, 3.05) is 39.7 Å². The van der Waals surface area contributed by atoms with Gasteiger partial charge in [-0.05, 0) is 83.1 Å². The zero-order chi connectivity index (χ0) is 33.6. The van der Waals surface area contributed by atoms with Gasteiger partial charge >= 0.3 is 0 Å². The first kappa shape index (κ1) is 32.5. The molecule has 3 amide bonds. The third-order valence-electron chi connectivity index (χ3n) is 8.99. The van der Waals surface area contributed by atoms with Gasteiger partial charge in [-0.25, -0.2) is 0 Å². The quantitative estimate of drug-likeness (QED) is 0.233. The standard InChI is InChI=1S/C39H40N4O5/c1-42-34(22-27-8-5-4-6-9-27)38(45)41-33(39(42)46)21-28-10-7-11-30(20-28)37(44)40-32-14-12-26(13-15-32)16-18-43-19-17-29-23-35(47-2)36(48-3)24-31(29)25-43/h4-15,20,22-24,33H,16-19,21,25H2,1-3H3,(H,40,44)(H,41,45)/b34-22-. The Kier molecular flexibility index (Phi) is 9.87. The summed E-state index contributed by atoms with van der Waals surface area (Å²) in [5.41, 5.74) is 6.86. The minimum absolute atomic E-state index is 0.210. The maximum atomic E-state index is 13.2. The summed E-state index contributed by atoms with van der Waals surface area (Å²) >= 11 is 0. The van der Waals surface area contributed by atoms with Crippen molar-refractivity contribution in [3.8, 4) is 11.5 Å². The molecule has 2 N–H and O–H groups in total. The van der Waals surface area contributed by atoms with Crippen LogP contribution in [0.2, 0.25) is 0 Å². The number of benzene rings is 4. The SMILES string of the molecule is COc1cc2c(cc1OC)CN(CCc1ccc(NC(=O)c3cccc(CC4NC(=O)/C(=C/c5ccccc5)N(C)C4=O)c3)cc1)CC2. The molecule has 246 valence electrons. The lowest BCUT2D eigenvalue weighted by Gasteiger charge is -2.32. The minimum atomic E-state index is -0.729. The third kappa shape index (κ3) is 7.42. The number of amides is 3. The van der Waals surface area contributed by atoms with Crippen molar-refractivity contribution in [1.29, 1.82) is 0 Å². The van der Waals surface area contributed by atoms with Gasteiger partial charge in [-0.1, -0.05) is 54.6 Å². The zero-order valence-corrected chi connectivity index (χ0v) is 27.5. The maximum Gasteiger partial charge on any atom is 0.268 e. The number of hydrogen-bond donors (Lipinski definition) is 2. The second-order valence-electron chi connectivity index (χ2n) is 12.2. The molecule has 9 nitrogen and oxygen atoms in total. The van der Waals surface area contributed by atoms with Crippen LogP contribution in [0, 0.1) is 0 Å². The monoisotopic (exact) mass is 644 g/mol. The number of hydrogen-bond acceptors (Lipinski definition) is 6. The van der Waals surface area contributed by atoms with E-state index in [0.29, 0.717) is 16.9 Å². The highest BCUT2D eigenvalue weighted by Gasteiger charge is 2.34. The predicted molar refractivity (Wildman–Crippen MR) is 186 cm³/mol. The molecule has 0 spiro atoms.